The lowest BCUT2D eigenvalue weighted by molar-refractivity contribution is -0.130. The molecule has 1 aromatic rings. The van der Waals surface area contributed by atoms with Crippen LogP contribution in [-0.4, -0.2) is 42.1 Å². The molecule has 0 bridgehead atoms. The number of carbonyl (C=O) groups is 1. The van der Waals surface area contributed by atoms with Crippen molar-refractivity contribution in [3.05, 3.63) is 30.1 Å². The van der Waals surface area contributed by atoms with Gasteiger partial charge in [-0.1, -0.05) is 13.8 Å². The van der Waals surface area contributed by atoms with Crippen LogP contribution in [0.4, 0.5) is 10.1 Å². The van der Waals surface area contributed by atoms with E-state index < -0.39 is 0 Å². The van der Waals surface area contributed by atoms with E-state index in [1.807, 2.05) is 27.7 Å². The van der Waals surface area contributed by atoms with Crippen molar-refractivity contribution in [3.8, 4) is 0 Å². The molecular formula is C17H25FN2O2. The van der Waals surface area contributed by atoms with E-state index in [1.165, 1.54) is 12.1 Å². The highest BCUT2D eigenvalue weighted by atomic mass is 19.1. The first-order chi connectivity index (χ1) is 10.4. The van der Waals surface area contributed by atoms with Crippen LogP contribution in [0.3, 0.4) is 0 Å². The molecule has 0 saturated carbocycles. The molecule has 1 aromatic carbocycles. The van der Waals surface area contributed by atoms with Gasteiger partial charge in [-0.25, -0.2) is 4.39 Å². The number of carbonyl (C=O) groups excluding carboxylic acids is 1. The van der Waals surface area contributed by atoms with E-state index in [1.54, 1.807) is 12.1 Å². The van der Waals surface area contributed by atoms with E-state index in [4.69, 9.17) is 4.74 Å². The molecule has 1 saturated heterocycles. The Hall–Kier alpha value is -1.46. The first kappa shape index (κ1) is 16.9. The highest BCUT2D eigenvalue weighted by molar-refractivity contribution is 5.95. The summed E-state index contributed by atoms with van der Waals surface area (Å²) in [6.45, 7) is 9.61. The maximum atomic E-state index is 13.0. The van der Waals surface area contributed by atoms with Crippen LogP contribution in [0.5, 0.6) is 0 Å². The lowest BCUT2D eigenvalue weighted by atomic mass is 9.99. The second-order valence-electron chi connectivity index (χ2n) is 6.40. The van der Waals surface area contributed by atoms with Gasteiger partial charge in [0.25, 0.3) is 0 Å². The molecule has 1 heterocycles. The number of benzene rings is 1. The van der Waals surface area contributed by atoms with Crippen LogP contribution in [0, 0.1) is 11.7 Å². The zero-order chi connectivity index (χ0) is 16.3. The summed E-state index contributed by atoms with van der Waals surface area (Å²) in [7, 11) is 0. The van der Waals surface area contributed by atoms with E-state index in [9.17, 15) is 9.18 Å². The molecule has 1 aliphatic heterocycles. The van der Waals surface area contributed by atoms with Crippen molar-refractivity contribution in [3.63, 3.8) is 0 Å². The fourth-order valence-corrected chi connectivity index (χ4v) is 3.08. The van der Waals surface area contributed by atoms with Gasteiger partial charge in [0.05, 0.1) is 18.2 Å². The Morgan fingerprint density at radius 2 is 1.77 bits per heavy atom. The number of nitrogens with one attached hydrogen (secondary N) is 1. The number of amides is 1. The largest absolute Gasteiger partial charge is 0.373 e. The average Bonchev–Trinajstić information content (AvgIpc) is 2.40. The Morgan fingerprint density at radius 1 is 1.23 bits per heavy atom. The fraction of sp³-hybridized carbons (Fsp3) is 0.588. The zero-order valence-corrected chi connectivity index (χ0v) is 13.7. The van der Waals surface area contributed by atoms with E-state index in [0.29, 0.717) is 5.69 Å². The summed E-state index contributed by atoms with van der Waals surface area (Å²) in [5.41, 5.74) is 0.617. The van der Waals surface area contributed by atoms with Gasteiger partial charge in [0.1, 0.15) is 5.82 Å². The highest BCUT2D eigenvalue weighted by Crippen LogP contribution is 2.20. The quantitative estimate of drug-likeness (QED) is 0.930. The Kier molecular flexibility index (Phi) is 5.53. The normalized spacial score (nSPS) is 24.3. The number of hydrogen-bond donors (Lipinski definition) is 1. The van der Waals surface area contributed by atoms with Gasteiger partial charge in [-0.2, -0.15) is 0 Å². The van der Waals surface area contributed by atoms with E-state index in [0.717, 1.165) is 13.1 Å². The summed E-state index contributed by atoms with van der Waals surface area (Å²) in [5, 5.41) is 2.89. The summed E-state index contributed by atoms with van der Waals surface area (Å²) < 4.78 is 18.7. The third-order valence-corrected chi connectivity index (χ3v) is 3.85. The molecule has 0 spiro atoms. The number of hydrogen-bond acceptors (Lipinski definition) is 3. The molecule has 122 valence electrons. The number of ether oxygens (including phenoxy) is 1. The third kappa shape index (κ3) is 4.27. The van der Waals surface area contributed by atoms with Crippen LogP contribution in [0.2, 0.25) is 0 Å². The number of anilines is 1. The standard InChI is InChI=1S/C17H25FN2O2/c1-11(2)16(20-9-12(3)22-13(4)10-20)17(21)19-15-7-5-14(18)6-8-15/h5-8,11-13,16H,9-10H2,1-4H3,(H,19,21). The number of morpholine rings is 1. The summed E-state index contributed by atoms with van der Waals surface area (Å²) in [5.74, 6) is -0.185. The molecule has 22 heavy (non-hydrogen) atoms. The van der Waals surface area contributed by atoms with Gasteiger partial charge in [-0.05, 0) is 44.0 Å². The van der Waals surface area contributed by atoms with Crippen LogP contribution in [-0.2, 0) is 9.53 Å². The first-order valence-electron chi connectivity index (χ1n) is 7.82. The maximum absolute atomic E-state index is 13.0. The van der Waals surface area contributed by atoms with Crippen LogP contribution in [0.15, 0.2) is 24.3 Å². The fourth-order valence-electron chi connectivity index (χ4n) is 3.08. The number of halogens is 1. The second-order valence-corrected chi connectivity index (χ2v) is 6.40. The molecule has 2 rings (SSSR count). The molecule has 1 fully saturated rings. The van der Waals surface area contributed by atoms with Gasteiger partial charge in [0.15, 0.2) is 0 Å². The predicted molar refractivity (Wildman–Crippen MR) is 85.2 cm³/mol. The zero-order valence-electron chi connectivity index (χ0n) is 13.7. The third-order valence-electron chi connectivity index (χ3n) is 3.85. The Balaban J connectivity index is 2.09. The topological polar surface area (TPSA) is 41.6 Å². The Labute approximate surface area is 131 Å². The van der Waals surface area contributed by atoms with Gasteiger partial charge in [0, 0.05) is 18.8 Å². The van der Waals surface area contributed by atoms with Crippen molar-refractivity contribution < 1.29 is 13.9 Å². The molecule has 1 aliphatic rings. The van der Waals surface area contributed by atoms with Gasteiger partial charge in [0.2, 0.25) is 5.91 Å². The van der Waals surface area contributed by atoms with Crippen molar-refractivity contribution in [2.45, 2.75) is 45.9 Å². The molecule has 0 radical (unpaired) electrons. The van der Waals surface area contributed by atoms with Crippen molar-refractivity contribution >= 4 is 11.6 Å². The molecule has 3 atom stereocenters. The van der Waals surface area contributed by atoms with Gasteiger partial charge in [-0.15, -0.1) is 0 Å². The van der Waals surface area contributed by atoms with Crippen LogP contribution < -0.4 is 5.32 Å². The molecule has 1 N–H and O–H groups in total. The van der Waals surface area contributed by atoms with Gasteiger partial charge >= 0.3 is 0 Å². The second kappa shape index (κ2) is 7.20. The molecule has 0 aromatic heterocycles. The molecule has 4 nitrogen and oxygen atoms in total. The molecule has 0 aliphatic carbocycles. The summed E-state index contributed by atoms with van der Waals surface area (Å²) in [6.07, 6.45) is 0.229. The number of nitrogens with zero attached hydrogens (tertiary/aromatic N) is 1. The highest BCUT2D eigenvalue weighted by Gasteiger charge is 2.34. The Bertz CT molecular complexity index is 494. The monoisotopic (exact) mass is 308 g/mol. The van der Waals surface area contributed by atoms with Gasteiger partial charge < -0.3 is 10.1 Å². The molecular weight excluding hydrogens is 283 g/mol. The first-order valence-corrected chi connectivity index (χ1v) is 7.82. The molecule has 1 amide bonds. The van der Waals surface area contributed by atoms with Crippen molar-refractivity contribution in [2.75, 3.05) is 18.4 Å². The van der Waals surface area contributed by atoms with E-state index >= 15 is 0 Å². The average molecular weight is 308 g/mol. The summed E-state index contributed by atoms with van der Waals surface area (Å²) in [4.78, 5) is 14.8. The molecule has 5 heteroatoms. The maximum Gasteiger partial charge on any atom is 0.241 e. The van der Waals surface area contributed by atoms with Crippen molar-refractivity contribution in [1.82, 2.24) is 4.90 Å². The minimum Gasteiger partial charge on any atom is -0.373 e. The Morgan fingerprint density at radius 3 is 2.27 bits per heavy atom. The lowest BCUT2D eigenvalue weighted by Crippen LogP contribution is -2.55. The lowest BCUT2D eigenvalue weighted by Gasteiger charge is -2.41. The van der Waals surface area contributed by atoms with Crippen LogP contribution >= 0.6 is 0 Å². The van der Waals surface area contributed by atoms with Gasteiger partial charge in [-0.3, -0.25) is 9.69 Å². The predicted octanol–water partition coefficient (Wildman–Crippen LogP) is 2.90. The van der Waals surface area contributed by atoms with E-state index in [2.05, 4.69) is 10.2 Å². The van der Waals surface area contributed by atoms with Crippen LogP contribution in [0.25, 0.3) is 0 Å². The smallest absolute Gasteiger partial charge is 0.241 e. The summed E-state index contributed by atoms with van der Waals surface area (Å²) in [6, 6.07) is 5.63. The van der Waals surface area contributed by atoms with E-state index in [-0.39, 0.29) is 35.9 Å². The molecule has 3 unspecified atom stereocenters. The van der Waals surface area contributed by atoms with Crippen LogP contribution in [0.1, 0.15) is 27.7 Å². The minimum atomic E-state index is -0.311. The van der Waals surface area contributed by atoms with Crippen molar-refractivity contribution in [1.29, 1.82) is 0 Å². The summed E-state index contributed by atoms with van der Waals surface area (Å²) >= 11 is 0. The number of rotatable bonds is 4. The minimum absolute atomic E-state index is 0.0529. The SMILES string of the molecule is CC1CN(C(C(=O)Nc2ccc(F)cc2)C(C)C)CC(C)O1. The van der Waals surface area contributed by atoms with Crippen molar-refractivity contribution in [2.24, 2.45) is 5.92 Å².